The molecule has 0 aliphatic rings. The van der Waals surface area contributed by atoms with Crippen LogP contribution in [0.3, 0.4) is 0 Å². The van der Waals surface area contributed by atoms with Crippen LogP contribution in [-0.2, 0) is 6.54 Å². The number of rotatable bonds is 5. The predicted molar refractivity (Wildman–Crippen MR) is 74.6 cm³/mol. The fourth-order valence-electron chi connectivity index (χ4n) is 1.89. The first kappa shape index (κ1) is 13.3. The molecule has 19 heavy (non-hydrogen) atoms. The van der Waals surface area contributed by atoms with Crippen LogP contribution < -0.4 is 10.1 Å². The van der Waals surface area contributed by atoms with Gasteiger partial charge in [0.2, 0.25) is 0 Å². The molecule has 102 valence electrons. The minimum atomic E-state index is 0.151. The second-order valence-electron chi connectivity index (χ2n) is 4.61. The number of methoxy groups -OCH3 is 1. The molecule has 1 aromatic heterocycles. The highest BCUT2D eigenvalue weighted by Crippen LogP contribution is 2.26. The van der Waals surface area contributed by atoms with Gasteiger partial charge in [0, 0.05) is 18.7 Å². The SMILES string of the molecule is COc1cc(CNc2ccnn2C(C)C)ccc1O. The molecule has 0 radical (unpaired) electrons. The molecule has 0 aliphatic carbocycles. The Labute approximate surface area is 112 Å². The Balaban J connectivity index is 2.08. The molecule has 5 heteroatoms. The van der Waals surface area contributed by atoms with Crippen molar-refractivity contribution in [2.24, 2.45) is 0 Å². The Hall–Kier alpha value is -2.17. The summed E-state index contributed by atoms with van der Waals surface area (Å²) < 4.78 is 7.02. The zero-order valence-corrected chi connectivity index (χ0v) is 11.4. The van der Waals surface area contributed by atoms with E-state index < -0.39 is 0 Å². The first-order valence-electron chi connectivity index (χ1n) is 6.25. The monoisotopic (exact) mass is 261 g/mol. The summed E-state index contributed by atoms with van der Waals surface area (Å²) in [5, 5.41) is 17.1. The first-order chi connectivity index (χ1) is 9.11. The second-order valence-corrected chi connectivity index (χ2v) is 4.61. The van der Waals surface area contributed by atoms with E-state index in [1.807, 2.05) is 22.9 Å². The van der Waals surface area contributed by atoms with E-state index in [4.69, 9.17) is 4.74 Å². The van der Waals surface area contributed by atoms with Gasteiger partial charge in [-0.2, -0.15) is 5.10 Å². The average molecular weight is 261 g/mol. The van der Waals surface area contributed by atoms with E-state index in [2.05, 4.69) is 24.3 Å². The van der Waals surface area contributed by atoms with Gasteiger partial charge in [0.1, 0.15) is 5.82 Å². The fraction of sp³-hybridized carbons (Fsp3) is 0.357. The molecule has 5 nitrogen and oxygen atoms in total. The number of nitrogens with zero attached hydrogens (tertiary/aromatic N) is 2. The summed E-state index contributed by atoms with van der Waals surface area (Å²) in [6.07, 6.45) is 1.78. The van der Waals surface area contributed by atoms with E-state index >= 15 is 0 Å². The van der Waals surface area contributed by atoms with E-state index in [1.165, 1.54) is 0 Å². The summed E-state index contributed by atoms with van der Waals surface area (Å²) in [5.74, 6) is 1.61. The molecule has 1 aromatic carbocycles. The third-order valence-electron chi connectivity index (χ3n) is 2.88. The van der Waals surface area contributed by atoms with Crippen LogP contribution in [0.25, 0.3) is 0 Å². The van der Waals surface area contributed by atoms with Gasteiger partial charge in [-0.15, -0.1) is 0 Å². The van der Waals surface area contributed by atoms with Gasteiger partial charge in [-0.05, 0) is 31.5 Å². The van der Waals surface area contributed by atoms with Crippen LogP contribution in [0.1, 0.15) is 25.5 Å². The molecule has 0 atom stereocenters. The molecular formula is C14H19N3O2. The van der Waals surface area contributed by atoms with Gasteiger partial charge in [-0.1, -0.05) is 6.07 Å². The minimum absolute atomic E-state index is 0.151. The van der Waals surface area contributed by atoms with Crippen molar-refractivity contribution in [3.8, 4) is 11.5 Å². The van der Waals surface area contributed by atoms with Crippen molar-refractivity contribution in [3.05, 3.63) is 36.0 Å². The zero-order chi connectivity index (χ0) is 13.8. The molecular weight excluding hydrogens is 242 g/mol. The number of benzene rings is 1. The number of hydrogen-bond acceptors (Lipinski definition) is 4. The van der Waals surface area contributed by atoms with Crippen LogP contribution in [0.2, 0.25) is 0 Å². The van der Waals surface area contributed by atoms with E-state index in [1.54, 1.807) is 19.4 Å². The number of nitrogens with one attached hydrogen (secondary N) is 1. The second kappa shape index (κ2) is 5.65. The Morgan fingerprint density at radius 3 is 2.84 bits per heavy atom. The molecule has 2 rings (SSSR count). The third kappa shape index (κ3) is 2.99. The van der Waals surface area contributed by atoms with E-state index in [9.17, 15) is 5.11 Å². The molecule has 1 heterocycles. The van der Waals surface area contributed by atoms with Crippen molar-refractivity contribution in [1.29, 1.82) is 0 Å². The Morgan fingerprint density at radius 1 is 1.37 bits per heavy atom. The van der Waals surface area contributed by atoms with Crippen molar-refractivity contribution in [2.45, 2.75) is 26.4 Å². The lowest BCUT2D eigenvalue weighted by atomic mass is 10.2. The van der Waals surface area contributed by atoms with E-state index in [0.717, 1.165) is 11.4 Å². The van der Waals surface area contributed by atoms with Gasteiger partial charge in [0.05, 0.1) is 13.3 Å². The predicted octanol–water partition coefficient (Wildman–Crippen LogP) is 2.79. The number of aromatic hydroxyl groups is 1. The van der Waals surface area contributed by atoms with Crippen LogP contribution in [-0.4, -0.2) is 22.0 Å². The van der Waals surface area contributed by atoms with Crippen LogP contribution in [0.15, 0.2) is 30.5 Å². The molecule has 0 saturated carbocycles. The summed E-state index contributed by atoms with van der Waals surface area (Å²) in [6, 6.07) is 7.57. The summed E-state index contributed by atoms with van der Waals surface area (Å²) in [7, 11) is 1.54. The lowest BCUT2D eigenvalue weighted by Gasteiger charge is -2.13. The van der Waals surface area contributed by atoms with Crippen molar-refractivity contribution < 1.29 is 9.84 Å². The van der Waals surface area contributed by atoms with Gasteiger partial charge in [0.15, 0.2) is 11.5 Å². The number of ether oxygens (including phenoxy) is 1. The van der Waals surface area contributed by atoms with Crippen LogP contribution in [0.4, 0.5) is 5.82 Å². The smallest absolute Gasteiger partial charge is 0.160 e. The maximum Gasteiger partial charge on any atom is 0.160 e. The van der Waals surface area contributed by atoms with Gasteiger partial charge >= 0.3 is 0 Å². The number of phenolic OH excluding ortho intramolecular Hbond substituents is 1. The quantitative estimate of drug-likeness (QED) is 0.869. The fourth-order valence-corrected chi connectivity index (χ4v) is 1.89. The maximum absolute atomic E-state index is 9.54. The standard InChI is InChI=1S/C14H19N3O2/c1-10(2)17-14(6-7-16-17)15-9-11-4-5-12(18)13(8-11)19-3/h4-8,10,15,18H,9H2,1-3H3. The molecule has 0 aliphatic heterocycles. The molecule has 0 bridgehead atoms. The lowest BCUT2D eigenvalue weighted by molar-refractivity contribution is 0.373. The summed E-state index contributed by atoms with van der Waals surface area (Å²) in [6.45, 7) is 4.82. The molecule has 0 unspecified atom stereocenters. The normalized spacial score (nSPS) is 10.7. The van der Waals surface area contributed by atoms with E-state index in [-0.39, 0.29) is 5.75 Å². The molecule has 0 amide bonds. The highest BCUT2D eigenvalue weighted by molar-refractivity contribution is 5.43. The molecule has 2 aromatic rings. The summed E-state index contributed by atoms with van der Waals surface area (Å²) in [4.78, 5) is 0. The first-order valence-corrected chi connectivity index (χ1v) is 6.25. The molecule has 0 spiro atoms. The molecule has 2 N–H and O–H groups in total. The Kier molecular flexibility index (Phi) is 3.94. The van der Waals surface area contributed by atoms with Gasteiger partial charge in [0.25, 0.3) is 0 Å². The topological polar surface area (TPSA) is 59.3 Å². The Bertz CT molecular complexity index is 549. The van der Waals surface area contributed by atoms with Gasteiger partial charge in [-0.3, -0.25) is 0 Å². The zero-order valence-electron chi connectivity index (χ0n) is 11.4. The van der Waals surface area contributed by atoms with Gasteiger partial charge in [-0.25, -0.2) is 4.68 Å². The largest absolute Gasteiger partial charge is 0.504 e. The van der Waals surface area contributed by atoms with Crippen molar-refractivity contribution >= 4 is 5.82 Å². The van der Waals surface area contributed by atoms with Crippen molar-refractivity contribution in [2.75, 3.05) is 12.4 Å². The highest BCUT2D eigenvalue weighted by Gasteiger charge is 2.06. The Morgan fingerprint density at radius 2 is 2.16 bits per heavy atom. The van der Waals surface area contributed by atoms with Gasteiger partial charge < -0.3 is 15.2 Å². The number of aromatic nitrogens is 2. The van der Waals surface area contributed by atoms with Crippen LogP contribution in [0.5, 0.6) is 11.5 Å². The number of hydrogen-bond donors (Lipinski definition) is 2. The minimum Gasteiger partial charge on any atom is -0.504 e. The number of anilines is 1. The average Bonchev–Trinajstić information content (AvgIpc) is 2.86. The third-order valence-corrected chi connectivity index (χ3v) is 2.88. The lowest BCUT2D eigenvalue weighted by Crippen LogP contribution is -2.09. The summed E-state index contributed by atoms with van der Waals surface area (Å²) in [5.41, 5.74) is 1.03. The van der Waals surface area contributed by atoms with Crippen LogP contribution >= 0.6 is 0 Å². The van der Waals surface area contributed by atoms with Crippen molar-refractivity contribution in [1.82, 2.24) is 9.78 Å². The molecule has 0 saturated heterocycles. The molecule has 0 fully saturated rings. The van der Waals surface area contributed by atoms with Crippen molar-refractivity contribution in [3.63, 3.8) is 0 Å². The van der Waals surface area contributed by atoms with Crippen LogP contribution in [0, 0.1) is 0 Å². The maximum atomic E-state index is 9.54. The highest BCUT2D eigenvalue weighted by atomic mass is 16.5. The number of phenols is 1. The summed E-state index contributed by atoms with van der Waals surface area (Å²) >= 11 is 0. The van der Waals surface area contributed by atoms with E-state index in [0.29, 0.717) is 18.3 Å².